The molecular weight excluding hydrogens is 297 g/mol. The van der Waals surface area contributed by atoms with Crippen LogP contribution >= 0.6 is 0 Å². The van der Waals surface area contributed by atoms with Gasteiger partial charge in [0.25, 0.3) is 0 Å². The second-order valence-corrected chi connectivity index (χ2v) is 19.0. The zero-order valence-corrected chi connectivity index (χ0v) is 15.7. The molecule has 0 N–H and O–H groups in total. The first-order valence-corrected chi connectivity index (χ1v) is 13.3. The molecule has 0 rings (SSSR count). The Morgan fingerprint density at radius 3 is 1.94 bits per heavy atom. The van der Waals surface area contributed by atoms with Gasteiger partial charge in [-0.3, -0.25) is 0 Å². The molecule has 1 nitrogen and oxygen atoms in total. The molecule has 0 aromatic carbocycles. The van der Waals surface area contributed by atoms with Gasteiger partial charge >= 0.3 is 112 Å². The van der Waals surface area contributed by atoms with Crippen LogP contribution in [0.25, 0.3) is 0 Å². The Kier molecular flexibility index (Phi) is 10.3. The van der Waals surface area contributed by atoms with Crippen LogP contribution in [0.2, 0.25) is 11.5 Å². The maximum absolute atomic E-state index is 2.48. The van der Waals surface area contributed by atoms with Crippen LogP contribution in [0.3, 0.4) is 0 Å². The third kappa shape index (κ3) is 8.00. The summed E-state index contributed by atoms with van der Waals surface area (Å²) < 4.78 is 3.72. The van der Waals surface area contributed by atoms with E-state index >= 15 is 0 Å². The summed E-state index contributed by atoms with van der Waals surface area (Å²) in [5.74, 6) is 0. The quantitative estimate of drug-likeness (QED) is 0.566. The van der Waals surface area contributed by atoms with Gasteiger partial charge < -0.3 is 0 Å². The molecule has 96 valence electrons. The Morgan fingerprint density at radius 2 is 1.50 bits per heavy atom. The fourth-order valence-corrected chi connectivity index (χ4v) is 13.1. The molecule has 0 amide bonds. The van der Waals surface area contributed by atoms with E-state index in [1.54, 1.807) is 4.18 Å². The van der Waals surface area contributed by atoms with E-state index in [4.69, 9.17) is 0 Å². The molecule has 2 heteroatoms. The fourth-order valence-electron chi connectivity index (χ4n) is 2.69. The number of hydrogen-bond donors (Lipinski definition) is 0. The molecule has 0 spiro atoms. The van der Waals surface area contributed by atoms with Crippen LogP contribution < -0.4 is 0 Å². The summed E-state index contributed by atoms with van der Waals surface area (Å²) >= 11 is -1.19. The molecule has 0 saturated heterocycles. The molecule has 0 atom stereocenters. The van der Waals surface area contributed by atoms with Gasteiger partial charge in [-0.1, -0.05) is 0 Å². The first kappa shape index (κ1) is 16.8. The second kappa shape index (κ2) is 9.82. The third-order valence-corrected chi connectivity index (χ3v) is 16.5. The SMILES string of the molecule is CCCN(C)CCC[CH2][In]([CH](C)C)[CH](C)C. The van der Waals surface area contributed by atoms with Crippen molar-refractivity contribution in [3.05, 3.63) is 0 Å². The van der Waals surface area contributed by atoms with E-state index in [1.165, 1.54) is 32.4 Å². The van der Waals surface area contributed by atoms with Gasteiger partial charge in [0.1, 0.15) is 0 Å². The monoisotopic (exact) mass is 329 g/mol. The van der Waals surface area contributed by atoms with Crippen LogP contribution in [0.5, 0.6) is 0 Å². The van der Waals surface area contributed by atoms with E-state index in [2.05, 4.69) is 46.6 Å². The van der Waals surface area contributed by atoms with Crippen LogP contribution in [-0.2, 0) is 0 Å². The molecule has 0 unspecified atom stereocenters. The summed E-state index contributed by atoms with van der Waals surface area (Å²) in [4.78, 5) is 2.48. The van der Waals surface area contributed by atoms with Crippen molar-refractivity contribution in [3.63, 3.8) is 0 Å². The third-order valence-electron chi connectivity index (χ3n) is 3.65. The summed E-state index contributed by atoms with van der Waals surface area (Å²) in [5, 5.41) is 0. The van der Waals surface area contributed by atoms with Crippen LogP contribution in [0.15, 0.2) is 0 Å². The maximum atomic E-state index is 2.48. The molecule has 0 heterocycles. The van der Waals surface area contributed by atoms with Crippen LogP contribution in [0.4, 0.5) is 0 Å². The van der Waals surface area contributed by atoms with Crippen molar-refractivity contribution >= 4 is 21.4 Å². The van der Waals surface area contributed by atoms with Crippen molar-refractivity contribution in [1.82, 2.24) is 4.90 Å². The average molecular weight is 329 g/mol. The molecule has 0 aliphatic rings. The minimum absolute atomic E-state index is 1.05. The van der Waals surface area contributed by atoms with E-state index in [9.17, 15) is 0 Å². The standard InChI is InChI=1S/C8H18N.2C3H7.In/c1-4-6-8-9(3)7-5-2;2*1-3-2;/h1,4-8H2,2-3H3;2*3H,1-2H3;. The Balaban J connectivity index is 3.62. The van der Waals surface area contributed by atoms with Gasteiger partial charge in [-0.15, -0.1) is 0 Å². The topological polar surface area (TPSA) is 3.24 Å². The Labute approximate surface area is 112 Å². The van der Waals surface area contributed by atoms with Gasteiger partial charge in [-0.05, 0) is 0 Å². The Bertz CT molecular complexity index is 149. The van der Waals surface area contributed by atoms with Crippen molar-refractivity contribution < 1.29 is 0 Å². The van der Waals surface area contributed by atoms with Crippen molar-refractivity contribution in [2.24, 2.45) is 0 Å². The number of unbranched alkanes of at least 4 members (excludes halogenated alkanes) is 1. The van der Waals surface area contributed by atoms with E-state index in [1.807, 2.05) is 0 Å². The van der Waals surface area contributed by atoms with Gasteiger partial charge in [0.05, 0.1) is 0 Å². The van der Waals surface area contributed by atoms with Gasteiger partial charge in [-0.2, -0.15) is 0 Å². The van der Waals surface area contributed by atoms with Crippen molar-refractivity contribution in [2.45, 2.75) is 65.4 Å². The number of nitrogens with zero attached hydrogens (tertiary/aromatic N) is 1. The Morgan fingerprint density at radius 1 is 0.938 bits per heavy atom. The molecule has 0 aromatic heterocycles. The first-order valence-electron chi connectivity index (χ1n) is 7.17. The molecule has 0 aliphatic carbocycles. The summed E-state index contributed by atoms with van der Waals surface area (Å²) in [6.45, 7) is 14.7. The van der Waals surface area contributed by atoms with E-state index in [0.29, 0.717) is 0 Å². The minimum atomic E-state index is -1.19. The molecule has 0 radical (unpaired) electrons. The second-order valence-electron chi connectivity index (χ2n) is 5.95. The molecule has 16 heavy (non-hydrogen) atoms. The van der Waals surface area contributed by atoms with Crippen LogP contribution in [0, 0.1) is 0 Å². The van der Waals surface area contributed by atoms with Gasteiger partial charge in [0.15, 0.2) is 0 Å². The van der Waals surface area contributed by atoms with Crippen LogP contribution in [-0.4, -0.2) is 46.5 Å². The van der Waals surface area contributed by atoms with Gasteiger partial charge in [0.2, 0.25) is 0 Å². The summed E-state index contributed by atoms with van der Waals surface area (Å²) in [7, 11) is 2.26. The summed E-state index contributed by atoms with van der Waals surface area (Å²) in [5.41, 5.74) is 0. The Hall–Kier alpha value is 0.830. The molecule has 0 fully saturated rings. The average Bonchev–Trinajstić information content (AvgIpc) is 2.16. The van der Waals surface area contributed by atoms with Crippen LogP contribution in [0.1, 0.15) is 53.9 Å². The first-order chi connectivity index (χ1) is 7.49. The molecule has 0 aliphatic heterocycles. The van der Waals surface area contributed by atoms with E-state index < -0.39 is 21.4 Å². The predicted octanol–water partition coefficient (Wildman–Crippen LogP) is 4.42. The normalized spacial score (nSPS) is 11.8. The summed E-state index contributed by atoms with van der Waals surface area (Å²) in [6.07, 6.45) is 4.20. The predicted molar refractivity (Wildman–Crippen MR) is 77.8 cm³/mol. The number of hydrogen-bond acceptors (Lipinski definition) is 1. The van der Waals surface area contributed by atoms with Crippen molar-refractivity contribution in [3.8, 4) is 0 Å². The van der Waals surface area contributed by atoms with Crippen molar-refractivity contribution in [2.75, 3.05) is 20.1 Å². The van der Waals surface area contributed by atoms with E-state index in [-0.39, 0.29) is 0 Å². The van der Waals surface area contributed by atoms with Gasteiger partial charge in [0, 0.05) is 0 Å². The molecule has 0 saturated carbocycles. The fraction of sp³-hybridized carbons (Fsp3) is 1.00. The zero-order chi connectivity index (χ0) is 12.6. The zero-order valence-electron chi connectivity index (χ0n) is 12.4. The molecule has 0 bridgehead atoms. The molecule has 0 aromatic rings. The summed E-state index contributed by atoms with van der Waals surface area (Å²) in [6, 6.07) is 0. The molecular formula is C14H32InN. The van der Waals surface area contributed by atoms with Gasteiger partial charge in [-0.25, -0.2) is 0 Å². The van der Waals surface area contributed by atoms with Crippen molar-refractivity contribution in [1.29, 1.82) is 0 Å². The van der Waals surface area contributed by atoms with E-state index in [0.717, 1.165) is 7.35 Å². The number of rotatable bonds is 9.